The summed E-state index contributed by atoms with van der Waals surface area (Å²) < 4.78 is 5.13. The predicted octanol–water partition coefficient (Wildman–Crippen LogP) is 2.02. The van der Waals surface area contributed by atoms with Crippen LogP contribution in [0.25, 0.3) is 0 Å². The van der Waals surface area contributed by atoms with Gasteiger partial charge in [-0.3, -0.25) is 0 Å². The van der Waals surface area contributed by atoms with Gasteiger partial charge in [0.25, 0.3) is 0 Å². The molecule has 6 heteroatoms. The van der Waals surface area contributed by atoms with Crippen LogP contribution in [0.4, 0.5) is 0 Å². The molecule has 1 aromatic rings. The van der Waals surface area contributed by atoms with Gasteiger partial charge in [0.05, 0.1) is 18.8 Å². The Balaban J connectivity index is 3.01. The van der Waals surface area contributed by atoms with Crippen molar-refractivity contribution in [1.82, 2.24) is 0 Å². The first-order valence-corrected chi connectivity index (χ1v) is 6.72. The molecule has 0 amide bonds. The second-order valence-corrected chi connectivity index (χ2v) is 4.90. The van der Waals surface area contributed by atoms with E-state index in [1.807, 2.05) is 0 Å². The standard InChI is InChI=1S/C11H12Br2O4/c1-17-11(16)6-2-3-7(8(13)4-6)10(15)9(14)5-12/h2-4,9-10,14-15H,5H2,1H3. The summed E-state index contributed by atoms with van der Waals surface area (Å²) in [4.78, 5) is 11.3. The number of esters is 1. The number of halogens is 2. The number of carbonyl (C=O) groups excluding carboxylic acids is 1. The largest absolute Gasteiger partial charge is 0.465 e. The van der Waals surface area contributed by atoms with Gasteiger partial charge in [0.15, 0.2) is 0 Å². The lowest BCUT2D eigenvalue weighted by molar-refractivity contribution is 0.0338. The number of alkyl halides is 1. The van der Waals surface area contributed by atoms with Gasteiger partial charge in [-0.1, -0.05) is 37.9 Å². The molecule has 2 N–H and O–H groups in total. The highest BCUT2D eigenvalue weighted by Crippen LogP contribution is 2.27. The molecule has 94 valence electrons. The molecule has 0 aromatic heterocycles. The normalized spacial score (nSPS) is 14.2. The SMILES string of the molecule is COC(=O)c1ccc(C(O)C(O)CBr)c(Br)c1. The Hall–Kier alpha value is -0.430. The first-order chi connectivity index (χ1) is 8.01. The summed E-state index contributed by atoms with van der Waals surface area (Å²) in [6, 6.07) is 4.66. The van der Waals surface area contributed by atoms with Crippen molar-refractivity contribution in [3.05, 3.63) is 33.8 Å². The van der Waals surface area contributed by atoms with E-state index in [1.54, 1.807) is 12.1 Å². The Morgan fingerprint density at radius 1 is 1.47 bits per heavy atom. The molecule has 1 rings (SSSR count). The first kappa shape index (κ1) is 14.6. The molecule has 0 aliphatic rings. The lowest BCUT2D eigenvalue weighted by Gasteiger charge is -2.17. The molecular formula is C11H12Br2O4. The Morgan fingerprint density at radius 3 is 2.59 bits per heavy atom. The van der Waals surface area contributed by atoms with Gasteiger partial charge in [-0.05, 0) is 17.7 Å². The molecule has 2 atom stereocenters. The van der Waals surface area contributed by atoms with Crippen molar-refractivity contribution in [2.75, 3.05) is 12.4 Å². The number of methoxy groups -OCH3 is 1. The maximum absolute atomic E-state index is 11.3. The summed E-state index contributed by atoms with van der Waals surface area (Å²) in [6.45, 7) is 0. The van der Waals surface area contributed by atoms with Gasteiger partial charge in [-0.15, -0.1) is 0 Å². The summed E-state index contributed by atoms with van der Waals surface area (Å²) in [7, 11) is 1.30. The number of benzene rings is 1. The fourth-order valence-electron chi connectivity index (χ4n) is 1.30. The van der Waals surface area contributed by atoms with Gasteiger partial charge >= 0.3 is 5.97 Å². The molecule has 0 saturated carbocycles. The number of rotatable bonds is 4. The van der Waals surface area contributed by atoms with E-state index in [-0.39, 0.29) is 5.33 Å². The highest BCUT2D eigenvalue weighted by atomic mass is 79.9. The van der Waals surface area contributed by atoms with E-state index in [2.05, 4.69) is 36.6 Å². The number of hydrogen-bond acceptors (Lipinski definition) is 4. The quantitative estimate of drug-likeness (QED) is 0.631. The van der Waals surface area contributed by atoms with E-state index < -0.39 is 18.2 Å². The van der Waals surface area contributed by atoms with Crippen LogP contribution >= 0.6 is 31.9 Å². The van der Waals surface area contributed by atoms with Crippen LogP contribution in [0.15, 0.2) is 22.7 Å². The topological polar surface area (TPSA) is 66.8 Å². The average Bonchev–Trinajstić information content (AvgIpc) is 2.35. The molecular weight excluding hydrogens is 356 g/mol. The van der Waals surface area contributed by atoms with E-state index >= 15 is 0 Å². The molecule has 0 bridgehead atoms. The minimum atomic E-state index is -1.02. The van der Waals surface area contributed by atoms with E-state index in [0.29, 0.717) is 15.6 Å². The molecule has 0 saturated heterocycles. The van der Waals surface area contributed by atoms with Crippen molar-refractivity contribution in [2.45, 2.75) is 12.2 Å². The van der Waals surface area contributed by atoms with Crippen LogP contribution in [-0.2, 0) is 4.74 Å². The Labute approximate surface area is 116 Å². The van der Waals surface area contributed by atoms with E-state index in [1.165, 1.54) is 13.2 Å². The van der Waals surface area contributed by atoms with Crippen molar-refractivity contribution in [1.29, 1.82) is 0 Å². The zero-order valence-electron chi connectivity index (χ0n) is 9.06. The summed E-state index contributed by atoms with van der Waals surface area (Å²) in [5.41, 5.74) is 0.897. The molecule has 17 heavy (non-hydrogen) atoms. The smallest absolute Gasteiger partial charge is 0.337 e. The van der Waals surface area contributed by atoms with Crippen molar-refractivity contribution >= 4 is 37.8 Å². The van der Waals surface area contributed by atoms with Crippen molar-refractivity contribution < 1.29 is 19.7 Å². The minimum absolute atomic E-state index is 0.263. The zero-order valence-corrected chi connectivity index (χ0v) is 12.2. The minimum Gasteiger partial charge on any atom is -0.465 e. The van der Waals surface area contributed by atoms with Gasteiger partial charge < -0.3 is 14.9 Å². The van der Waals surface area contributed by atoms with E-state index in [0.717, 1.165) is 0 Å². The Bertz CT molecular complexity index is 408. The van der Waals surface area contributed by atoms with Crippen molar-refractivity contribution in [2.24, 2.45) is 0 Å². The molecule has 0 spiro atoms. The van der Waals surface area contributed by atoms with Crippen LogP contribution in [0.3, 0.4) is 0 Å². The number of carbonyl (C=O) groups is 1. The summed E-state index contributed by atoms with van der Waals surface area (Å²) in [5, 5.41) is 19.6. The third kappa shape index (κ3) is 3.51. The molecule has 0 fully saturated rings. The van der Waals surface area contributed by atoms with Crippen LogP contribution in [0, 0.1) is 0 Å². The molecule has 0 aliphatic carbocycles. The van der Waals surface area contributed by atoms with Crippen LogP contribution in [-0.4, -0.2) is 34.7 Å². The van der Waals surface area contributed by atoms with Gasteiger partial charge in [0, 0.05) is 9.80 Å². The van der Waals surface area contributed by atoms with Gasteiger partial charge in [-0.2, -0.15) is 0 Å². The fourth-order valence-corrected chi connectivity index (χ4v) is 2.27. The maximum atomic E-state index is 11.3. The Morgan fingerprint density at radius 2 is 2.12 bits per heavy atom. The van der Waals surface area contributed by atoms with Crippen molar-refractivity contribution in [3.8, 4) is 0 Å². The van der Waals surface area contributed by atoms with Gasteiger partial charge in [-0.25, -0.2) is 4.79 Å². The number of aliphatic hydroxyl groups is 2. The van der Waals surface area contributed by atoms with Crippen LogP contribution in [0.5, 0.6) is 0 Å². The van der Waals surface area contributed by atoms with E-state index in [9.17, 15) is 15.0 Å². The molecule has 0 aliphatic heterocycles. The van der Waals surface area contributed by atoms with Crippen LogP contribution in [0.1, 0.15) is 22.0 Å². The summed E-state index contributed by atoms with van der Waals surface area (Å²) in [5.74, 6) is -0.451. The monoisotopic (exact) mass is 366 g/mol. The number of hydrogen-bond donors (Lipinski definition) is 2. The number of ether oxygens (including phenoxy) is 1. The van der Waals surface area contributed by atoms with Crippen LogP contribution < -0.4 is 0 Å². The lowest BCUT2D eigenvalue weighted by atomic mass is 10.0. The molecule has 0 heterocycles. The van der Waals surface area contributed by atoms with Crippen LogP contribution in [0.2, 0.25) is 0 Å². The summed E-state index contributed by atoms with van der Waals surface area (Å²) in [6.07, 6.45) is -1.93. The molecule has 0 radical (unpaired) electrons. The maximum Gasteiger partial charge on any atom is 0.337 e. The summed E-state index contributed by atoms with van der Waals surface area (Å²) >= 11 is 6.34. The molecule has 4 nitrogen and oxygen atoms in total. The number of aliphatic hydroxyl groups excluding tert-OH is 2. The third-order valence-electron chi connectivity index (χ3n) is 2.26. The van der Waals surface area contributed by atoms with E-state index in [4.69, 9.17) is 0 Å². The first-order valence-electron chi connectivity index (χ1n) is 4.81. The Kier molecular flexibility index (Phi) is 5.58. The molecule has 1 aromatic carbocycles. The van der Waals surface area contributed by atoms with Crippen molar-refractivity contribution in [3.63, 3.8) is 0 Å². The average molecular weight is 368 g/mol. The molecule has 2 unspecified atom stereocenters. The second-order valence-electron chi connectivity index (χ2n) is 3.39. The highest BCUT2D eigenvalue weighted by Gasteiger charge is 2.20. The van der Waals surface area contributed by atoms with Gasteiger partial charge in [0.1, 0.15) is 6.10 Å². The van der Waals surface area contributed by atoms with Gasteiger partial charge in [0.2, 0.25) is 0 Å². The second kappa shape index (κ2) is 6.49. The lowest BCUT2D eigenvalue weighted by Crippen LogP contribution is -2.20. The predicted molar refractivity (Wildman–Crippen MR) is 70.2 cm³/mol. The fraction of sp³-hybridized carbons (Fsp3) is 0.364. The zero-order chi connectivity index (χ0) is 13.0. The highest BCUT2D eigenvalue weighted by molar-refractivity contribution is 9.10. The third-order valence-corrected chi connectivity index (χ3v) is 3.61.